The van der Waals surface area contributed by atoms with Crippen LogP contribution in [0.25, 0.3) is 0 Å². The molecule has 0 fully saturated rings. The van der Waals surface area contributed by atoms with Crippen molar-refractivity contribution in [3.05, 3.63) is 51.1 Å². The topological polar surface area (TPSA) is 60.8 Å². The Morgan fingerprint density at radius 2 is 0.957 bits per heavy atom. The summed E-state index contributed by atoms with van der Waals surface area (Å²) in [6.45, 7) is 0. The smallest absolute Gasteiger partial charge is 0.308 e. The van der Waals surface area contributed by atoms with Crippen molar-refractivity contribution in [1.82, 2.24) is 0 Å². The molecule has 0 amide bonds. The summed E-state index contributed by atoms with van der Waals surface area (Å²) >= 11 is 20.2. The maximum absolute atomic E-state index is 12.2. The summed E-state index contributed by atoms with van der Waals surface area (Å²) in [5, 5.41) is 0. The van der Waals surface area contributed by atoms with Gasteiger partial charge in [0.05, 0.1) is 11.4 Å². The zero-order chi connectivity index (χ0) is 17.5. The lowest BCUT2D eigenvalue weighted by Crippen LogP contribution is -2.15. The first-order chi connectivity index (χ1) is 10.5. The molecule has 0 saturated heterocycles. The molecule has 0 aromatic heterocycles. The number of anilines is 2. The summed E-state index contributed by atoms with van der Waals surface area (Å²) < 4.78 is 16.8. The van der Waals surface area contributed by atoms with Gasteiger partial charge in [-0.2, -0.15) is 0 Å². The summed E-state index contributed by atoms with van der Waals surface area (Å²) in [5.74, 6) is 0. The Balaban J connectivity index is 2.84. The van der Waals surface area contributed by atoms with E-state index in [4.69, 9.17) is 0 Å². The zero-order valence-electron chi connectivity index (χ0n) is 10.8. The van der Waals surface area contributed by atoms with Gasteiger partial charge in [-0.15, -0.1) is 0 Å². The summed E-state index contributed by atoms with van der Waals surface area (Å²) in [7, 11) is -4.67. The molecule has 0 aliphatic rings. The van der Waals surface area contributed by atoms with E-state index in [0.29, 0.717) is 29.3 Å². The number of rotatable bonds is 3. The fourth-order valence-corrected chi connectivity index (χ4v) is 8.57. The Labute approximate surface area is 183 Å². The Morgan fingerprint density at radius 1 is 0.696 bits per heavy atom. The van der Waals surface area contributed by atoms with Gasteiger partial charge in [0.2, 0.25) is 0 Å². The molecule has 124 valence electrons. The summed E-state index contributed by atoms with van der Waals surface area (Å²) in [6, 6.07) is 6.85. The average Bonchev–Trinajstić information content (AvgIpc) is 2.33. The highest BCUT2D eigenvalue weighted by Crippen LogP contribution is 2.57. The molecule has 0 aliphatic carbocycles. The lowest BCUT2D eigenvalue weighted by molar-refractivity contribution is 0.373. The second-order valence-corrected chi connectivity index (χ2v) is 10.9. The van der Waals surface area contributed by atoms with E-state index in [1.807, 2.05) is 0 Å². The maximum atomic E-state index is 12.2. The van der Waals surface area contributed by atoms with Crippen molar-refractivity contribution < 1.29 is 14.4 Å². The highest BCUT2D eigenvalue weighted by molar-refractivity contribution is 9.12. The van der Waals surface area contributed by atoms with Gasteiger partial charge in [0.15, 0.2) is 0 Å². The molecule has 0 aliphatic heterocycles. The zero-order valence-corrected chi connectivity index (χ0v) is 21.2. The SMILES string of the molecule is O=P(O)(O)N(c1c(Br)cc(Br)cc1Br)c1c(Br)cc(Br)cc1Br. The second kappa shape index (κ2) is 7.88. The fourth-order valence-electron chi connectivity index (χ4n) is 1.85. The molecular weight excluding hydrogens is 717 g/mol. The molecular formula is C12H6Br6NO3P. The van der Waals surface area contributed by atoms with Crippen molar-refractivity contribution in [3.63, 3.8) is 0 Å². The molecule has 2 aromatic rings. The normalized spacial score (nSPS) is 11.7. The Hall–Kier alpha value is 1.27. The third kappa shape index (κ3) is 4.71. The van der Waals surface area contributed by atoms with E-state index in [9.17, 15) is 14.4 Å². The highest BCUT2D eigenvalue weighted by Gasteiger charge is 2.34. The summed E-state index contributed by atoms with van der Waals surface area (Å²) in [5.41, 5.74) is 0.621. The molecule has 2 aromatic carbocycles. The Bertz CT molecular complexity index is 721. The van der Waals surface area contributed by atoms with Crippen molar-refractivity contribution in [2.75, 3.05) is 4.67 Å². The number of hydrogen-bond acceptors (Lipinski definition) is 1. The van der Waals surface area contributed by atoms with Crippen molar-refractivity contribution in [1.29, 1.82) is 0 Å². The fraction of sp³-hybridized carbons (Fsp3) is 0. The minimum absolute atomic E-state index is 0.310. The number of hydrogen-bond donors (Lipinski definition) is 2. The lowest BCUT2D eigenvalue weighted by Gasteiger charge is -2.29. The molecule has 23 heavy (non-hydrogen) atoms. The van der Waals surface area contributed by atoms with Gasteiger partial charge in [-0.05, 0) is 88.0 Å². The van der Waals surface area contributed by atoms with Crippen LogP contribution in [0.4, 0.5) is 11.4 Å². The van der Waals surface area contributed by atoms with E-state index < -0.39 is 7.75 Å². The van der Waals surface area contributed by atoms with Gasteiger partial charge < -0.3 is 9.79 Å². The van der Waals surface area contributed by atoms with E-state index in [0.717, 1.165) is 13.6 Å². The average molecular weight is 723 g/mol. The third-order valence-electron chi connectivity index (χ3n) is 2.65. The van der Waals surface area contributed by atoms with Crippen LogP contribution >= 0.6 is 103 Å². The van der Waals surface area contributed by atoms with E-state index in [2.05, 4.69) is 95.6 Å². The molecule has 2 N–H and O–H groups in total. The van der Waals surface area contributed by atoms with Crippen LogP contribution in [-0.2, 0) is 4.57 Å². The van der Waals surface area contributed by atoms with E-state index >= 15 is 0 Å². The second-order valence-electron chi connectivity index (χ2n) is 4.26. The first kappa shape index (κ1) is 20.6. The minimum Gasteiger partial charge on any atom is -0.308 e. The van der Waals surface area contributed by atoms with Crippen LogP contribution in [-0.4, -0.2) is 9.79 Å². The van der Waals surface area contributed by atoms with Crippen molar-refractivity contribution in [2.45, 2.75) is 0 Å². The number of benzene rings is 2. The van der Waals surface area contributed by atoms with Gasteiger partial charge in [-0.25, -0.2) is 9.24 Å². The van der Waals surface area contributed by atoms with Crippen LogP contribution in [0, 0.1) is 0 Å². The molecule has 0 bridgehead atoms. The Kier molecular flexibility index (Phi) is 7.05. The van der Waals surface area contributed by atoms with Crippen LogP contribution < -0.4 is 4.67 Å². The predicted octanol–water partition coefficient (Wildman–Crippen LogP) is 7.49. The van der Waals surface area contributed by atoms with E-state index in [1.54, 1.807) is 24.3 Å². The summed E-state index contributed by atoms with van der Waals surface area (Å²) in [4.78, 5) is 19.9. The molecule has 0 spiro atoms. The van der Waals surface area contributed by atoms with Gasteiger partial charge >= 0.3 is 7.75 Å². The van der Waals surface area contributed by atoms with Crippen LogP contribution in [0.2, 0.25) is 0 Å². The Morgan fingerprint density at radius 3 is 1.17 bits per heavy atom. The number of nitrogens with zero attached hydrogens (tertiary/aromatic N) is 1. The molecule has 2 rings (SSSR count). The van der Waals surface area contributed by atoms with Gasteiger partial charge in [-0.1, -0.05) is 31.9 Å². The van der Waals surface area contributed by atoms with Crippen molar-refractivity contribution in [3.8, 4) is 0 Å². The quantitative estimate of drug-likeness (QED) is 0.323. The number of halogens is 6. The van der Waals surface area contributed by atoms with Gasteiger partial charge in [0.1, 0.15) is 0 Å². The third-order valence-corrected chi connectivity index (χ3v) is 6.90. The molecule has 0 unspecified atom stereocenters. The van der Waals surface area contributed by atoms with E-state index in [1.165, 1.54) is 0 Å². The molecule has 11 heteroatoms. The first-order valence-corrected chi connectivity index (χ1v) is 12.0. The van der Waals surface area contributed by atoms with E-state index in [-0.39, 0.29) is 0 Å². The van der Waals surface area contributed by atoms with Crippen LogP contribution in [0.5, 0.6) is 0 Å². The van der Waals surface area contributed by atoms with Crippen LogP contribution in [0.15, 0.2) is 51.1 Å². The largest absolute Gasteiger partial charge is 0.434 e. The van der Waals surface area contributed by atoms with Crippen molar-refractivity contribution >= 4 is 115 Å². The van der Waals surface area contributed by atoms with Crippen molar-refractivity contribution in [2.24, 2.45) is 0 Å². The highest BCUT2D eigenvalue weighted by atomic mass is 79.9. The van der Waals surface area contributed by atoms with Gasteiger partial charge in [0.25, 0.3) is 0 Å². The maximum Gasteiger partial charge on any atom is 0.434 e. The molecule has 0 radical (unpaired) electrons. The van der Waals surface area contributed by atoms with Crippen LogP contribution in [0.3, 0.4) is 0 Å². The minimum atomic E-state index is -4.67. The monoisotopic (exact) mass is 717 g/mol. The predicted molar refractivity (Wildman–Crippen MR) is 113 cm³/mol. The lowest BCUT2D eigenvalue weighted by atomic mass is 10.2. The molecule has 0 atom stereocenters. The standard InChI is InChI=1S/C12H6Br6NO3P/c13-5-1-7(15)11(8(16)2-5)19(23(20,21)22)12-9(17)3-6(14)4-10(12)18/h1-4H,(H2,20,21,22). The molecule has 0 heterocycles. The molecule has 4 nitrogen and oxygen atoms in total. The van der Waals surface area contributed by atoms with Gasteiger partial charge in [0, 0.05) is 26.8 Å². The van der Waals surface area contributed by atoms with Crippen LogP contribution in [0.1, 0.15) is 0 Å². The summed E-state index contributed by atoms with van der Waals surface area (Å²) in [6.07, 6.45) is 0. The van der Waals surface area contributed by atoms with Gasteiger partial charge in [-0.3, -0.25) is 0 Å². The first-order valence-electron chi connectivity index (χ1n) is 5.67. The molecule has 0 saturated carbocycles.